The van der Waals surface area contributed by atoms with Crippen LogP contribution in [0.3, 0.4) is 0 Å². The molecule has 0 amide bonds. The van der Waals surface area contributed by atoms with Gasteiger partial charge < -0.3 is 10.4 Å². The topological polar surface area (TPSA) is 49.3 Å². The van der Waals surface area contributed by atoms with Crippen LogP contribution in [0, 0.1) is 0 Å². The van der Waals surface area contributed by atoms with E-state index in [1.165, 1.54) is 44.1 Å². The number of carbonyl (C=O) groups is 1. The van der Waals surface area contributed by atoms with E-state index in [4.69, 9.17) is 5.11 Å². The fourth-order valence-corrected chi connectivity index (χ4v) is 3.04. The Labute approximate surface area is 121 Å². The maximum atomic E-state index is 11.0. The smallest absolute Gasteiger partial charge is 0.335 e. The Morgan fingerprint density at radius 1 is 1.25 bits per heavy atom. The van der Waals surface area contributed by atoms with Crippen LogP contribution in [0.15, 0.2) is 18.2 Å². The van der Waals surface area contributed by atoms with Gasteiger partial charge in [-0.25, -0.2) is 4.79 Å². The molecular weight excluding hydrogens is 250 g/mol. The highest BCUT2D eigenvalue weighted by Gasteiger charge is 2.28. The number of benzene rings is 1. The molecule has 0 aromatic heterocycles. The summed E-state index contributed by atoms with van der Waals surface area (Å²) in [4.78, 5) is 11.0. The number of rotatable bonds is 7. The molecule has 1 aliphatic rings. The fourth-order valence-electron chi connectivity index (χ4n) is 3.04. The van der Waals surface area contributed by atoms with E-state index in [0.717, 1.165) is 5.69 Å². The molecule has 1 heterocycles. The molecule has 20 heavy (non-hydrogen) atoms. The Kier molecular flexibility index (Phi) is 5.05. The first-order valence-electron chi connectivity index (χ1n) is 7.77. The van der Waals surface area contributed by atoms with Crippen LogP contribution in [-0.2, 0) is 0 Å². The summed E-state index contributed by atoms with van der Waals surface area (Å²) in [5.41, 5.74) is 2.64. The summed E-state index contributed by atoms with van der Waals surface area (Å²) in [7, 11) is 0. The normalized spacial score (nSPS) is 20.5. The third kappa shape index (κ3) is 3.33. The monoisotopic (exact) mass is 275 g/mol. The van der Waals surface area contributed by atoms with Crippen LogP contribution in [0.5, 0.6) is 0 Å². The summed E-state index contributed by atoms with van der Waals surface area (Å²) >= 11 is 0. The molecule has 0 fully saturated rings. The van der Waals surface area contributed by atoms with Gasteiger partial charge >= 0.3 is 5.97 Å². The lowest BCUT2D eigenvalue weighted by Crippen LogP contribution is -2.18. The van der Waals surface area contributed by atoms with Gasteiger partial charge in [0.15, 0.2) is 0 Å². The number of carboxylic acid groups (broad SMARTS) is 1. The van der Waals surface area contributed by atoms with Gasteiger partial charge in [-0.1, -0.05) is 52.0 Å². The molecule has 2 atom stereocenters. The van der Waals surface area contributed by atoms with Crippen molar-refractivity contribution < 1.29 is 9.90 Å². The third-order valence-corrected chi connectivity index (χ3v) is 4.35. The lowest BCUT2D eigenvalue weighted by Gasteiger charge is -2.16. The lowest BCUT2D eigenvalue weighted by molar-refractivity contribution is 0.0697. The predicted octanol–water partition coefficient (Wildman–Crippen LogP) is 4.64. The van der Waals surface area contributed by atoms with E-state index in [2.05, 4.69) is 19.2 Å². The maximum Gasteiger partial charge on any atom is 0.335 e. The average Bonchev–Trinajstić information content (AvgIpc) is 2.75. The van der Waals surface area contributed by atoms with Crippen molar-refractivity contribution in [3.05, 3.63) is 29.3 Å². The number of anilines is 1. The molecule has 1 aromatic rings. The lowest BCUT2D eigenvalue weighted by atomic mass is 9.93. The molecule has 2 N–H and O–H groups in total. The van der Waals surface area contributed by atoms with Crippen LogP contribution >= 0.6 is 0 Å². The van der Waals surface area contributed by atoms with E-state index in [9.17, 15) is 4.79 Å². The molecule has 0 bridgehead atoms. The van der Waals surface area contributed by atoms with E-state index in [0.29, 0.717) is 17.5 Å². The minimum Gasteiger partial charge on any atom is -0.478 e. The second-order valence-electron chi connectivity index (χ2n) is 5.85. The van der Waals surface area contributed by atoms with Gasteiger partial charge in [-0.05, 0) is 24.1 Å². The van der Waals surface area contributed by atoms with Crippen molar-refractivity contribution in [2.24, 2.45) is 0 Å². The zero-order valence-electron chi connectivity index (χ0n) is 12.5. The molecule has 110 valence electrons. The van der Waals surface area contributed by atoms with Crippen LogP contribution in [0.4, 0.5) is 5.69 Å². The standard InChI is InChI=1S/C17H25NO2/c1-3-4-5-6-7-8-15-12(2)14-10-9-13(17(19)20)11-16(14)18-15/h9-12,15,18H,3-8H2,1-2H3,(H,19,20)/t12-,15-/m1/s1. The summed E-state index contributed by atoms with van der Waals surface area (Å²) in [6, 6.07) is 5.90. The molecule has 0 radical (unpaired) electrons. The second kappa shape index (κ2) is 6.78. The molecule has 0 unspecified atom stereocenters. The zero-order valence-corrected chi connectivity index (χ0v) is 12.5. The van der Waals surface area contributed by atoms with Gasteiger partial charge in [0.25, 0.3) is 0 Å². The first-order chi connectivity index (χ1) is 9.63. The summed E-state index contributed by atoms with van der Waals surface area (Å²) in [5.74, 6) is -0.385. The molecule has 3 nitrogen and oxygen atoms in total. The first-order valence-corrected chi connectivity index (χ1v) is 7.77. The summed E-state index contributed by atoms with van der Waals surface area (Å²) in [6.07, 6.45) is 7.66. The fraction of sp³-hybridized carbons (Fsp3) is 0.588. The Morgan fingerprint density at radius 2 is 2.00 bits per heavy atom. The van der Waals surface area contributed by atoms with Gasteiger partial charge in [0, 0.05) is 17.6 Å². The number of unbranched alkanes of at least 4 members (excludes halogenated alkanes) is 4. The van der Waals surface area contributed by atoms with E-state index in [1.807, 2.05) is 6.07 Å². The van der Waals surface area contributed by atoms with Crippen molar-refractivity contribution in [3.8, 4) is 0 Å². The highest BCUT2D eigenvalue weighted by molar-refractivity contribution is 5.89. The largest absolute Gasteiger partial charge is 0.478 e. The highest BCUT2D eigenvalue weighted by Crippen LogP contribution is 2.38. The Hall–Kier alpha value is -1.51. The third-order valence-electron chi connectivity index (χ3n) is 4.35. The molecular formula is C17H25NO2. The van der Waals surface area contributed by atoms with E-state index in [1.54, 1.807) is 12.1 Å². The number of fused-ring (bicyclic) bond motifs is 1. The number of carboxylic acids is 1. The van der Waals surface area contributed by atoms with Crippen molar-refractivity contribution in [3.63, 3.8) is 0 Å². The van der Waals surface area contributed by atoms with Gasteiger partial charge in [-0.2, -0.15) is 0 Å². The molecule has 0 saturated carbocycles. The van der Waals surface area contributed by atoms with Crippen LogP contribution < -0.4 is 5.32 Å². The van der Waals surface area contributed by atoms with Crippen molar-refractivity contribution in [2.45, 2.75) is 64.3 Å². The quantitative estimate of drug-likeness (QED) is 0.712. The van der Waals surface area contributed by atoms with Crippen LogP contribution in [-0.4, -0.2) is 17.1 Å². The molecule has 3 heteroatoms. The molecule has 0 spiro atoms. The number of aromatic carboxylic acids is 1. The average molecular weight is 275 g/mol. The van der Waals surface area contributed by atoms with Crippen LogP contribution in [0.25, 0.3) is 0 Å². The van der Waals surface area contributed by atoms with Crippen molar-refractivity contribution >= 4 is 11.7 Å². The Balaban J connectivity index is 1.91. The van der Waals surface area contributed by atoms with Crippen molar-refractivity contribution in [2.75, 3.05) is 5.32 Å². The minimum absolute atomic E-state index is 0.368. The van der Waals surface area contributed by atoms with E-state index < -0.39 is 5.97 Å². The summed E-state index contributed by atoms with van der Waals surface area (Å²) < 4.78 is 0. The molecule has 1 aliphatic heterocycles. The van der Waals surface area contributed by atoms with Crippen LogP contribution in [0.1, 0.15) is 74.2 Å². The highest BCUT2D eigenvalue weighted by atomic mass is 16.4. The van der Waals surface area contributed by atoms with Crippen molar-refractivity contribution in [1.29, 1.82) is 0 Å². The molecule has 0 saturated heterocycles. The van der Waals surface area contributed by atoms with E-state index in [-0.39, 0.29) is 0 Å². The van der Waals surface area contributed by atoms with Crippen LogP contribution in [0.2, 0.25) is 0 Å². The first kappa shape index (κ1) is 14.9. The summed E-state index contributed by atoms with van der Waals surface area (Å²) in [6.45, 7) is 4.47. The van der Waals surface area contributed by atoms with Crippen molar-refractivity contribution in [1.82, 2.24) is 0 Å². The summed E-state index contributed by atoms with van der Waals surface area (Å²) in [5, 5.41) is 12.6. The van der Waals surface area contributed by atoms with Gasteiger partial charge in [0.05, 0.1) is 5.56 Å². The van der Waals surface area contributed by atoms with E-state index >= 15 is 0 Å². The number of nitrogens with one attached hydrogen (secondary N) is 1. The Bertz CT molecular complexity index is 470. The maximum absolute atomic E-state index is 11.0. The molecule has 2 rings (SSSR count). The Morgan fingerprint density at radius 3 is 2.70 bits per heavy atom. The number of hydrogen-bond donors (Lipinski definition) is 2. The zero-order chi connectivity index (χ0) is 14.5. The molecule has 0 aliphatic carbocycles. The van der Waals surface area contributed by atoms with Gasteiger partial charge in [-0.3, -0.25) is 0 Å². The number of hydrogen-bond acceptors (Lipinski definition) is 2. The second-order valence-corrected chi connectivity index (χ2v) is 5.85. The molecule has 1 aromatic carbocycles. The minimum atomic E-state index is -0.856. The SMILES string of the molecule is CCCCCCC[C@H]1Nc2cc(C(=O)O)ccc2[C@H]1C. The predicted molar refractivity (Wildman–Crippen MR) is 82.6 cm³/mol. The van der Waals surface area contributed by atoms with Gasteiger partial charge in [-0.15, -0.1) is 0 Å². The van der Waals surface area contributed by atoms with Gasteiger partial charge in [0.2, 0.25) is 0 Å². The van der Waals surface area contributed by atoms with Gasteiger partial charge in [0.1, 0.15) is 0 Å².